The minimum Gasteiger partial charge on any atom is -0.493 e. The average Bonchev–Trinajstić information content (AvgIpc) is 2.40. The van der Waals surface area contributed by atoms with E-state index in [1.807, 2.05) is 32.0 Å². The molecule has 0 saturated carbocycles. The van der Waals surface area contributed by atoms with E-state index in [0.717, 1.165) is 16.9 Å². The zero-order valence-electron chi connectivity index (χ0n) is 11.3. The van der Waals surface area contributed by atoms with Crippen LogP contribution in [0.2, 0.25) is 0 Å². The molecule has 5 heteroatoms. The van der Waals surface area contributed by atoms with Gasteiger partial charge >= 0.3 is 0 Å². The summed E-state index contributed by atoms with van der Waals surface area (Å²) in [6.07, 6.45) is 0.184. The maximum Gasteiger partial charge on any atom is 0.223 e. The van der Waals surface area contributed by atoms with Crippen molar-refractivity contribution in [2.45, 2.75) is 26.3 Å². The predicted molar refractivity (Wildman–Crippen MR) is 72.1 cm³/mol. The van der Waals surface area contributed by atoms with Gasteiger partial charge < -0.3 is 20.3 Å². The van der Waals surface area contributed by atoms with Crippen molar-refractivity contribution in [1.29, 1.82) is 0 Å². The van der Waals surface area contributed by atoms with E-state index in [2.05, 4.69) is 5.32 Å². The van der Waals surface area contributed by atoms with E-state index < -0.39 is 6.04 Å². The monoisotopic (exact) mass is 267 g/mol. The van der Waals surface area contributed by atoms with Gasteiger partial charge in [-0.1, -0.05) is 12.1 Å². The number of aliphatic hydroxyl groups excluding tert-OH is 2. The van der Waals surface area contributed by atoms with Gasteiger partial charge in [0.05, 0.1) is 32.3 Å². The number of nitrogens with one attached hydrogen (secondary N) is 1. The lowest BCUT2D eigenvalue weighted by molar-refractivity contribution is -0.122. The van der Waals surface area contributed by atoms with Crippen LogP contribution in [-0.4, -0.2) is 42.0 Å². The molecular weight excluding hydrogens is 246 g/mol. The van der Waals surface area contributed by atoms with Crippen LogP contribution in [0.15, 0.2) is 18.2 Å². The number of ether oxygens (including phenoxy) is 1. The Bertz CT molecular complexity index is 416. The van der Waals surface area contributed by atoms with E-state index in [1.165, 1.54) is 0 Å². The highest BCUT2D eigenvalue weighted by Crippen LogP contribution is 2.19. The molecule has 0 aliphatic carbocycles. The molecule has 0 atom stereocenters. The molecule has 0 saturated heterocycles. The van der Waals surface area contributed by atoms with Gasteiger partial charge in [0.1, 0.15) is 5.75 Å². The van der Waals surface area contributed by atoms with Gasteiger partial charge in [-0.15, -0.1) is 0 Å². The quantitative estimate of drug-likeness (QED) is 0.674. The van der Waals surface area contributed by atoms with Crippen LogP contribution >= 0.6 is 0 Å². The van der Waals surface area contributed by atoms with Gasteiger partial charge in [-0.25, -0.2) is 0 Å². The second kappa shape index (κ2) is 7.76. The molecule has 1 rings (SSSR count). The Hall–Kier alpha value is -1.59. The van der Waals surface area contributed by atoms with E-state index >= 15 is 0 Å². The molecule has 3 N–H and O–H groups in total. The first-order valence-corrected chi connectivity index (χ1v) is 6.28. The second-order valence-corrected chi connectivity index (χ2v) is 4.50. The fourth-order valence-electron chi connectivity index (χ4n) is 1.57. The molecule has 0 radical (unpaired) electrons. The van der Waals surface area contributed by atoms with Crippen LogP contribution in [0, 0.1) is 13.8 Å². The first-order valence-electron chi connectivity index (χ1n) is 6.28. The van der Waals surface area contributed by atoms with Crippen LogP contribution in [0.5, 0.6) is 5.75 Å². The number of aliphatic hydroxyl groups is 2. The molecule has 1 aromatic carbocycles. The highest BCUT2D eigenvalue weighted by atomic mass is 16.5. The summed E-state index contributed by atoms with van der Waals surface area (Å²) in [5.74, 6) is 0.520. The third kappa shape index (κ3) is 5.28. The van der Waals surface area contributed by atoms with Crippen LogP contribution < -0.4 is 10.1 Å². The van der Waals surface area contributed by atoms with Crippen molar-refractivity contribution in [1.82, 2.24) is 5.32 Å². The maximum absolute atomic E-state index is 11.5. The third-order valence-corrected chi connectivity index (χ3v) is 2.74. The number of carbonyl (C=O) groups excluding carboxylic acids is 1. The first-order chi connectivity index (χ1) is 9.06. The third-order valence-electron chi connectivity index (χ3n) is 2.74. The zero-order valence-corrected chi connectivity index (χ0v) is 11.3. The first kappa shape index (κ1) is 15.5. The summed E-state index contributed by atoms with van der Waals surface area (Å²) >= 11 is 0. The Kier molecular flexibility index (Phi) is 6.32. The Morgan fingerprint density at radius 2 is 2.00 bits per heavy atom. The fraction of sp³-hybridized carbons (Fsp3) is 0.500. The van der Waals surface area contributed by atoms with E-state index in [-0.39, 0.29) is 32.1 Å². The average molecular weight is 267 g/mol. The fourth-order valence-corrected chi connectivity index (χ4v) is 1.57. The molecule has 0 aliphatic rings. The van der Waals surface area contributed by atoms with E-state index in [9.17, 15) is 4.79 Å². The SMILES string of the molecule is Cc1ccc(C)c(OCCC(=O)NC(CO)CO)c1. The van der Waals surface area contributed by atoms with Crippen LogP contribution in [0.3, 0.4) is 0 Å². The van der Waals surface area contributed by atoms with E-state index in [4.69, 9.17) is 14.9 Å². The summed E-state index contributed by atoms with van der Waals surface area (Å²) in [6.45, 7) is 3.63. The molecule has 0 aromatic heterocycles. The molecule has 1 aromatic rings. The number of carbonyl (C=O) groups is 1. The van der Waals surface area contributed by atoms with Crippen LogP contribution in [0.1, 0.15) is 17.5 Å². The van der Waals surface area contributed by atoms with Crippen molar-refractivity contribution < 1.29 is 19.7 Å². The molecule has 0 aliphatic heterocycles. The normalized spacial score (nSPS) is 10.6. The van der Waals surface area contributed by atoms with Crippen LogP contribution in [0.4, 0.5) is 0 Å². The van der Waals surface area contributed by atoms with Gasteiger partial charge in [-0.3, -0.25) is 4.79 Å². The lowest BCUT2D eigenvalue weighted by Gasteiger charge is -2.14. The van der Waals surface area contributed by atoms with Crippen molar-refractivity contribution >= 4 is 5.91 Å². The summed E-state index contributed by atoms with van der Waals surface area (Å²) in [5, 5.41) is 20.2. The summed E-state index contributed by atoms with van der Waals surface area (Å²) in [7, 11) is 0. The topological polar surface area (TPSA) is 78.8 Å². The van der Waals surface area contributed by atoms with Gasteiger partial charge in [0, 0.05) is 0 Å². The minimum absolute atomic E-state index is 0.184. The van der Waals surface area contributed by atoms with Crippen molar-refractivity contribution in [3.63, 3.8) is 0 Å². The molecular formula is C14H21NO4. The van der Waals surface area contributed by atoms with E-state index in [0.29, 0.717) is 0 Å². The standard InChI is InChI=1S/C14H21NO4/c1-10-3-4-11(2)13(7-10)19-6-5-14(18)15-12(8-16)9-17/h3-4,7,12,16-17H,5-6,8-9H2,1-2H3,(H,15,18). The predicted octanol–water partition coefficient (Wildman–Crippen LogP) is 0.542. The van der Waals surface area contributed by atoms with Gasteiger partial charge in [-0.05, 0) is 31.0 Å². The molecule has 0 fully saturated rings. The molecule has 106 valence electrons. The van der Waals surface area contributed by atoms with Crippen LogP contribution in [0.25, 0.3) is 0 Å². The number of hydrogen-bond acceptors (Lipinski definition) is 4. The Labute approximate surface area is 113 Å². The van der Waals surface area contributed by atoms with Gasteiger partial charge in [0.25, 0.3) is 0 Å². The molecule has 19 heavy (non-hydrogen) atoms. The molecule has 1 amide bonds. The number of hydrogen-bond donors (Lipinski definition) is 3. The molecule has 5 nitrogen and oxygen atoms in total. The molecule has 0 unspecified atom stereocenters. The smallest absolute Gasteiger partial charge is 0.223 e. The highest BCUT2D eigenvalue weighted by Gasteiger charge is 2.10. The molecule has 0 bridgehead atoms. The van der Waals surface area contributed by atoms with Crippen LogP contribution in [-0.2, 0) is 4.79 Å². The van der Waals surface area contributed by atoms with Gasteiger partial charge in [-0.2, -0.15) is 0 Å². The largest absolute Gasteiger partial charge is 0.493 e. The minimum atomic E-state index is -0.604. The number of amides is 1. The summed E-state index contributed by atoms with van der Waals surface area (Å²) < 4.78 is 5.55. The zero-order chi connectivity index (χ0) is 14.3. The number of aryl methyl sites for hydroxylation is 2. The molecule has 0 heterocycles. The lowest BCUT2D eigenvalue weighted by atomic mass is 10.1. The lowest BCUT2D eigenvalue weighted by Crippen LogP contribution is -2.40. The summed E-state index contributed by atoms with van der Waals surface area (Å²) in [5.41, 5.74) is 2.13. The number of benzene rings is 1. The van der Waals surface area contributed by atoms with Gasteiger partial charge in [0.15, 0.2) is 0 Å². The highest BCUT2D eigenvalue weighted by molar-refractivity contribution is 5.76. The van der Waals surface area contributed by atoms with Gasteiger partial charge in [0.2, 0.25) is 5.91 Å². The van der Waals surface area contributed by atoms with E-state index in [1.54, 1.807) is 0 Å². The summed E-state index contributed by atoms with van der Waals surface area (Å²) in [6, 6.07) is 5.30. The van der Waals surface area contributed by atoms with Crippen molar-refractivity contribution in [2.75, 3.05) is 19.8 Å². The Morgan fingerprint density at radius 1 is 1.32 bits per heavy atom. The second-order valence-electron chi connectivity index (χ2n) is 4.50. The molecule has 0 spiro atoms. The van der Waals surface area contributed by atoms with Crippen molar-refractivity contribution in [3.05, 3.63) is 29.3 Å². The Morgan fingerprint density at radius 3 is 2.63 bits per heavy atom. The number of rotatable bonds is 7. The van der Waals surface area contributed by atoms with Crippen molar-refractivity contribution in [2.24, 2.45) is 0 Å². The summed E-state index contributed by atoms with van der Waals surface area (Å²) in [4.78, 5) is 11.5. The Balaban J connectivity index is 2.37. The maximum atomic E-state index is 11.5. The van der Waals surface area contributed by atoms with Crippen molar-refractivity contribution in [3.8, 4) is 5.75 Å².